The van der Waals surface area contributed by atoms with Crippen LogP contribution in [0.5, 0.6) is 0 Å². The van der Waals surface area contributed by atoms with Gasteiger partial charge in [-0.25, -0.2) is 0 Å². The lowest BCUT2D eigenvalue weighted by molar-refractivity contribution is 1.27. The van der Waals surface area contributed by atoms with Crippen molar-refractivity contribution in [2.45, 2.75) is 19.0 Å². The molecule has 14 heavy (non-hydrogen) atoms. The van der Waals surface area contributed by atoms with E-state index in [1.54, 1.807) is 0 Å². The highest BCUT2D eigenvalue weighted by Crippen LogP contribution is 2.54. The van der Waals surface area contributed by atoms with Crippen LogP contribution in [-0.4, -0.2) is 12.3 Å². The zero-order valence-electron chi connectivity index (χ0n) is 8.50. The summed E-state index contributed by atoms with van der Waals surface area (Å²) in [5.41, 5.74) is 1.09. The Balaban J connectivity index is 2.88. The van der Waals surface area contributed by atoms with Gasteiger partial charge in [0.15, 0.2) is 0 Å². The predicted octanol–water partition coefficient (Wildman–Crippen LogP) is 5.10. The van der Waals surface area contributed by atoms with Crippen LogP contribution in [-0.2, 0) is 0 Å². The van der Waals surface area contributed by atoms with Gasteiger partial charge in [0.25, 0.3) is 0 Å². The van der Waals surface area contributed by atoms with E-state index < -0.39 is 0 Å². The average molecular weight is 249 g/mol. The number of halogens is 2. The molecule has 0 aliphatic heterocycles. The third kappa shape index (κ3) is 2.86. The quantitative estimate of drug-likeness (QED) is 0.514. The molecule has 78 valence electrons. The van der Waals surface area contributed by atoms with Crippen LogP contribution in [0.2, 0.25) is 5.02 Å². The van der Waals surface area contributed by atoms with Gasteiger partial charge in [0.2, 0.25) is 0 Å². The number of benzene rings is 1. The smallest absolute Gasteiger partial charge is 0.0794 e. The second-order valence-electron chi connectivity index (χ2n) is 3.08. The minimum absolute atomic E-state index is 0.105. The van der Waals surface area contributed by atoms with Crippen molar-refractivity contribution in [1.29, 1.82) is 0 Å². The molecular formula is C11H15Cl2P. The summed E-state index contributed by atoms with van der Waals surface area (Å²) >= 11 is 12.5. The third-order valence-electron chi connectivity index (χ3n) is 2.29. The number of hydrogen-bond acceptors (Lipinski definition) is 0. The molecular weight excluding hydrogens is 234 g/mol. The lowest BCUT2D eigenvalue weighted by Gasteiger charge is -2.21. The molecule has 0 aliphatic carbocycles. The Morgan fingerprint density at radius 1 is 1.21 bits per heavy atom. The summed E-state index contributed by atoms with van der Waals surface area (Å²) in [7, 11) is -0.129. The van der Waals surface area contributed by atoms with Crippen molar-refractivity contribution < 1.29 is 0 Å². The molecule has 1 atom stereocenters. The van der Waals surface area contributed by atoms with Gasteiger partial charge in [-0.3, -0.25) is 0 Å². The van der Waals surface area contributed by atoms with E-state index in [2.05, 4.69) is 13.8 Å². The molecule has 0 nitrogen and oxygen atoms in total. The van der Waals surface area contributed by atoms with E-state index in [1.165, 1.54) is 0 Å². The maximum atomic E-state index is 6.42. The van der Waals surface area contributed by atoms with Gasteiger partial charge in [0, 0.05) is 5.02 Å². The Morgan fingerprint density at radius 2 is 1.79 bits per heavy atom. The molecule has 0 spiro atoms. The molecule has 0 aromatic heterocycles. The fourth-order valence-electron chi connectivity index (χ4n) is 1.41. The van der Waals surface area contributed by atoms with Crippen LogP contribution in [0.15, 0.2) is 24.3 Å². The van der Waals surface area contributed by atoms with Gasteiger partial charge in [-0.15, -0.1) is 11.6 Å². The van der Waals surface area contributed by atoms with Crippen LogP contribution in [0.1, 0.15) is 24.5 Å². The van der Waals surface area contributed by atoms with Crippen molar-refractivity contribution in [3.8, 4) is 0 Å². The molecule has 0 bridgehead atoms. The highest BCUT2D eigenvalue weighted by atomic mass is 35.5. The minimum atomic E-state index is -0.129. The largest absolute Gasteiger partial charge is 0.113 e. The van der Waals surface area contributed by atoms with Gasteiger partial charge in [-0.1, -0.05) is 51.6 Å². The van der Waals surface area contributed by atoms with Crippen molar-refractivity contribution in [3.05, 3.63) is 34.9 Å². The molecule has 0 radical (unpaired) electrons. The summed E-state index contributed by atoms with van der Waals surface area (Å²) in [5, 5.41) is 0.899. The van der Waals surface area contributed by atoms with E-state index in [0.29, 0.717) is 0 Å². The van der Waals surface area contributed by atoms with Gasteiger partial charge in [-0.2, -0.15) is 0 Å². The summed E-state index contributed by atoms with van der Waals surface area (Å²) in [4.78, 5) is 0. The maximum Gasteiger partial charge on any atom is 0.0794 e. The molecule has 1 unspecified atom stereocenters. The summed E-state index contributed by atoms with van der Waals surface area (Å²) < 4.78 is 0. The van der Waals surface area contributed by atoms with Crippen molar-refractivity contribution >= 4 is 31.1 Å². The number of hydrogen-bond donors (Lipinski definition) is 0. The highest BCUT2D eigenvalue weighted by molar-refractivity contribution is 7.59. The summed E-state index contributed by atoms with van der Waals surface area (Å²) in [6.45, 7) is 4.39. The van der Waals surface area contributed by atoms with Crippen LogP contribution < -0.4 is 0 Å². The predicted molar refractivity (Wildman–Crippen MR) is 68.0 cm³/mol. The van der Waals surface area contributed by atoms with E-state index in [9.17, 15) is 0 Å². The Morgan fingerprint density at radius 3 is 2.29 bits per heavy atom. The molecule has 1 aromatic carbocycles. The van der Waals surface area contributed by atoms with E-state index in [0.717, 1.165) is 22.9 Å². The molecule has 0 N–H and O–H groups in total. The van der Waals surface area contributed by atoms with Crippen molar-refractivity contribution in [2.75, 3.05) is 12.3 Å². The zero-order valence-corrected chi connectivity index (χ0v) is 10.9. The number of alkyl halides is 1. The Labute approximate surface area is 97.4 Å². The van der Waals surface area contributed by atoms with Crippen LogP contribution in [0, 0.1) is 0 Å². The van der Waals surface area contributed by atoms with Gasteiger partial charge >= 0.3 is 0 Å². The van der Waals surface area contributed by atoms with E-state index in [1.807, 2.05) is 24.3 Å². The first kappa shape index (κ1) is 12.3. The average Bonchev–Trinajstić information content (AvgIpc) is 2.20. The second-order valence-corrected chi connectivity index (χ2v) is 7.19. The fraction of sp³-hybridized carbons (Fsp3) is 0.455. The van der Waals surface area contributed by atoms with Crippen LogP contribution >= 0.6 is 31.1 Å². The SMILES string of the molecule is CCP(CC)C(Cl)c1ccccc1Cl. The third-order valence-corrected chi connectivity index (χ3v) is 6.25. The lowest BCUT2D eigenvalue weighted by Crippen LogP contribution is -1.94. The van der Waals surface area contributed by atoms with Gasteiger partial charge in [-0.05, 0) is 24.0 Å². The van der Waals surface area contributed by atoms with E-state index in [4.69, 9.17) is 23.2 Å². The first-order chi connectivity index (χ1) is 6.70. The van der Waals surface area contributed by atoms with E-state index in [-0.39, 0.29) is 13.0 Å². The standard InChI is InChI=1S/C11H15Cl2P/c1-3-14(4-2)11(13)9-7-5-6-8-10(9)12/h5-8,11H,3-4H2,1-2H3. The molecule has 3 heteroatoms. The second kappa shape index (κ2) is 5.95. The Hall–Kier alpha value is 0.230. The number of rotatable bonds is 4. The Kier molecular flexibility index (Phi) is 5.23. The lowest BCUT2D eigenvalue weighted by atomic mass is 10.2. The van der Waals surface area contributed by atoms with Crippen LogP contribution in [0.25, 0.3) is 0 Å². The Bertz CT molecular complexity index is 284. The molecule has 0 saturated carbocycles. The summed E-state index contributed by atoms with van der Waals surface area (Å²) in [6, 6.07) is 7.87. The molecule has 1 rings (SSSR count). The fourth-order valence-corrected chi connectivity index (χ4v) is 4.51. The van der Waals surface area contributed by atoms with Crippen LogP contribution in [0.4, 0.5) is 0 Å². The van der Waals surface area contributed by atoms with Crippen molar-refractivity contribution in [3.63, 3.8) is 0 Å². The maximum absolute atomic E-state index is 6.42. The highest BCUT2D eigenvalue weighted by Gasteiger charge is 2.18. The molecule has 0 heterocycles. The minimum Gasteiger partial charge on any atom is -0.113 e. The molecule has 0 aliphatic rings. The monoisotopic (exact) mass is 248 g/mol. The molecule has 0 fully saturated rings. The molecule has 0 saturated heterocycles. The van der Waals surface area contributed by atoms with Gasteiger partial charge in [0.05, 0.1) is 5.12 Å². The summed E-state index contributed by atoms with van der Waals surface area (Å²) in [6.07, 6.45) is 2.32. The van der Waals surface area contributed by atoms with Crippen LogP contribution in [0.3, 0.4) is 0 Å². The van der Waals surface area contributed by atoms with Crippen molar-refractivity contribution in [2.24, 2.45) is 0 Å². The summed E-state index contributed by atoms with van der Waals surface area (Å²) in [5.74, 6) is 0. The van der Waals surface area contributed by atoms with Gasteiger partial charge < -0.3 is 0 Å². The van der Waals surface area contributed by atoms with Crippen molar-refractivity contribution in [1.82, 2.24) is 0 Å². The van der Waals surface area contributed by atoms with Gasteiger partial charge in [0.1, 0.15) is 0 Å². The zero-order chi connectivity index (χ0) is 10.6. The molecule has 0 amide bonds. The first-order valence-corrected chi connectivity index (χ1v) is 7.42. The normalized spacial score (nSPS) is 13.2. The first-order valence-electron chi connectivity index (χ1n) is 4.83. The molecule has 1 aromatic rings. The van der Waals surface area contributed by atoms with E-state index >= 15 is 0 Å². The topological polar surface area (TPSA) is 0 Å².